The van der Waals surface area contributed by atoms with Crippen LogP contribution in [0.25, 0.3) is 0 Å². The van der Waals surface area contributed by atoms with E-state index in [4.69, 9.17) is 5.73 Å². The Kier molecular flexibility index (Phi) is 6.50. The molecule has 3 fully saturated rings. The number of nitrogens with zero attached hydrogens (tertiary/aromatic N) is 4. The van der Waals surface area contributed by atoms with E-state index >= 15 is 0 Å². The van der Waals surface area contributed by atoms with E-state index in [-0.39, 0.29) is 49.2 Å². The highest BCUT2D eigenvalue weighted by atomic mass is 35.5. The van der Waals surface area contributed by atoms with Gasteiger partial charge in [0, 0.05) is 26.2 Å². The number of benzene rings is 1. The van der Waals surface area contributed by atoms with Crippen LogP contribution in [-0.2, 0) is 13.1 Å². The molecule has 3 saturated heterocycles. The van der Waals surface area contributed by atoms with Gasteiger partial charge in [-0.25, -0.2) is 4.79 Å². The number of piperazine rings is 3. The normalized spacial score (nSPS) is 22.5. The fourth-order valence-corrected chi connectivity index (χ4v) is 4.53. The van der Waals surface area contributed by atoms with Crippen LogP contribution in [-0.4, -0.2) is 70.1 Å². The number of carbonyl (C=O) groups excluding carboxylic acids is 1. The maximum atomic E-state index is 13.3. The molecule has 2 bridgehead atoms. The maximum absolute atomic E-state index is 13.3. The first-order chi connectivity index (χ1) is 13.9. The Morgan fingerprint density at radius 3 is 2.20 bits per heavy atom. The van der Waals surface area contributed by atoms with E-state index in [1.54, 1.807) is 6.92 Å². The van der Waals surface area contributed by atoms with Gasteiger partial charge in [-0.2, -0.15) is 0 Å². The molecule has 9 heteroatoms. The number of Topliss-reactive ketones (excluding diaryl/α,β-unsaturated/α-hetero) is 1. The second-order valence-corrected chi connectivity index (χ2v) is 8.10. The quantitative estimate of drug-likeness (QED) is 0.387. The van der Waals surface area contributed by atoms with E-state index in [1.807, 2.05) is 30.3 Å². The lowest BCUT2D eigenvalue weighted by Gasteiger charge is -2.50. The van der Waals surface area contributed by atoms with Crippen molar-refractivity contribution in [1.82, 2.24) is 14.0 Å². The van der Waals surface area contributed by atoms with Crippen molar-refractivity contribution in [3.05, 3.63) is 62.3 Å². The highest BCUT2D eigenvalue weighted by Gasteiger charge is 2.41. The van der Waals surface area contributed by atoms with Gasteiger partial charge in [-0.05, 0) is 12.5 Å². The Morgan fingerprint density at radius 1 is 1.03 bits per heavy atom. The monoisotopic (exact) mass is 433 g/mol. The van der Waals surface area contributed by atoms with Crippen LogP contribution in [0.5, 0.6) is 0 Å². The number of anilines is 1. The summed E-state index contributed by atoms with van der Waals surface area (Å²) in [5, 5.41) is 0. The fraction of sp³-hybridized carbons (Fsp3) is 0.476. The first-order valence-electron chi connectivity index (χ1n) is 10.2. The van der Waals surface area contributed by atoms with Crippen molar-refractivity contribution < 1.29 is 21.7 Å². The molecule has 2 N–H and O–H groups in total. The van der Waals surface area contributed by atoms with Gasteiger partial charge in [0.1, 0.15) is 17.9 Å². The first kappa shape index (κ1) is 22.3. The minimum absolute atomic E-state index is 0. The zero-order valence-electron chi connectivity index (χ0n) is 17.2. The van der Waals surface area contributed by atoms with E-state index in [0.29, 0.717) is 4.48 Å². The molecule has 0 aliphatic carbocycles. The molecule has 3 aliphatic rings. The van der Waals surface area contributed by atoms with Crippen molar-refractivity contribution in [2.45, 2.75) is 20.0 Å². The van der Waals surface area contributed by atoms with E-state index in [2.05, 4.69) is 4.90 Å². The summed E-state index contributed by atoms with van der Waals surface area (Å²) in [5.74, 6) is -0.278. The molecule has 2 aromatic rings. The second kappa shape index (κ2) is 8.75. The van der Waals surface area contributed by atoms with Gasteiger partial charge in [-0.15, -0.1) is 0 Å². The Morgan fingerprint density at radius 2 is 1.63 bits per heavy atom. The van der Waals surface area contributed by atoms with Gasteiger partial charge in [0.15, 0.2) is 0 Å². The number of quaternary nitrogens is 1. The van der Waals surface area contributed by atoms with E-state index in [0.717, 1.165) is 49.4 Å². The summed E-state index contributed by atoms with van der Waals surface area (Å²) in [6, 6.07) is 9.43. The van der Waals surface area contributed by atoms with Crippen molar-refractivity contribution in [2.24, 2.45) is 0 Å². The van der Waals surface area contributed by atoms with Crippen LogP contribution >= 0.6 is 0 Å². The third-order valence-corrected chi connectivity index (χ3v) is 6.40. The van der Waals surface area contributed by atoms with E-state index in [1.165, 1.54) is 4.57 Å². The summed E-state index contributed by atoms with van der Waals surface area (Å²) in [5.41, 5.74) is 6.07. The molecule has 4 heterocycles. The topological polar surface area (TPSA) is 90.3 Å². The third kappa shape index (κ3) is 3.95. The Labute approximate surface area is 181 Å². The molecule has 3 aliphatic heterocycles. The molecular weight excluding hydrogens is 406 g/mol. The number of rotatable bonds is 6. The SMILES string of the molecule is CCn1c(=O)c(C(=O)C[N+]23CCN(CC2)CC3)c(N)n(Cc2ccccc2)c1=O.[Cl-]. The van der Waals surface area contributed by atoms with E-state index in [9.17, 15) is 14.4 Å². The molecule has 1 aromatic heterocycles. The average molecular weight is 434 g/mol. The van der Waals surface area contributed by atoms with Gasteiger partial charge in [0.05, 0.1) is 26.2 Å². The summed E-state index contributed by atoms with van der Waals surface area (Å²) in [7, 11) is 0. The van der Waals surface area contributed by atoms with Crippen LogP contribution < -0.4 is 29.4 Å². The van der Waals surface area contributed by atoms with Crippen LogP contribution in [0.4, 0.5) is 5.82 Å². The Bertz CT molecular complexity index is 1030. The number of fused-ring (bicyclic) bond motifs is 3. The molecule has 0 radical (unpaired) electrons. The minimum Gasteiger partial charge on any atom is -1.00 e. The van der Waals surface area contributed by atoms with Crippen LogP contribution in [0.2, 0.25) is 0 Å². The number of nitrogens with two attached hydrogens (primary N) is 1. The van der Waals surface area contributed by atoms with Gasteiger partial charge in [-0.3, -0.25) is 23.6 Å². The molecular formula is C21H28ClN5O3. The minimum atomic E-state index is -0.571. The highest BCUT2D eigenvalue weighted by Crippen LogP contribution is 2.21. The lowest BCUT2D eigenvalue weighted by Crippen LogP contribution is -3.00. The molecule has 0 amide bonds. The number of aromatic nitrogens is 2. The predicted molar refractivity (Wildman–Crippen MR) is 111 cm³/mol. The summed E-state index contributed by atoms with van der Waals surface area (Å²) >= 11 is 0. The summed E-state index contributed by atoms with van der Waals surface area (Å²) in [6.45, 7) is 8.10. The maximum Gasteiger partial charge on any atom is 0.332 e. The van der Waals surface area contributed by atoms with E-state index < -0.39 is 11.2 Å². The molecule has 8 nitrogen and oxygen atoms in total. The second-order valence-electron chi connectivity index (χ2n) is 8.10. The van der Waals surface area contributed by atoms with Crippen molar-refractivity contribution >= 4 is 11.6 Å². The van der Waals surface area contributed by atoms with Gasteiger partial charge >= 0.3 is 5.69 Å². The molecule has 0 saturated carbocycles. The van der Waals surface area contributed by atoms with Gasteiger partial charge in [0.25, 0.3) is 5.56 Å². The third-order valence-electron chi connectivity index (χ3n) is 6.40. The van der Waals surface area contributed by atoms with Crippen molar-refractivity contribution in [3.8, 4) is 0 Å². The lowest BCUT2D eigenvalue weighted by atomic mass is 10.1. The first-order valence-corrected chi connectivity index (χ1v) is 10.2. The van der Waals surface area contributed by atoms with Crippen LogP contribution in [0.3, 0.4) is 0 Å². The summed E-state index contributed by atoms with van der Waals surface area (Å²) in [6.07, 6.45) is 0. The largest absolute Gasteiger partial charge is 1.00 e. The zero-order valence-corrected chi connectivity index (χ0v) is 18.0. The van der Waals surface area contributed by atoms with Gasteiger partial charge in [0.2, 0.25) is 5.78 Å². The smallest absolute Gasteiger partial charge is 0.332 e. The van der Waals surface area contributed by atoms with Gasteiger partial charge < -0.3 is 22.6 Å². The summed E-state index contributed by atoms with van der Waals surface area (Å²) in [4.78, 5) is 41.5. The molecule has 162 valence electrons. The number of ketones is 1. The summed E-state index contributed by atoms with van der Waals surface area (Å²) < 4.78 is 3.17. The van der Waals surface area contributed by atoms with Crippen LogP contribution in [0, 0.1) is 0 Å². The lowest BCUT2D eigenvalue weighted by molar-refractivity contribution is -0.933. The van der Waals surface area contributed by atoms with Crippen molar-refractivity contribution in [2.75, 3.05) is 51.5 Å². The average Bonchev–Trinajstić information content (AvgIpc) is 2.73. The fourth-order valence-electron chi connectivity index (χ4n) is 4.53. The van der Waals surface area contributed by atoms with Crippen molar-refractivity contribution in [1.29, 1.82) is 0 Å². The molecule has 0 atom stereocenters. The molecule has 5 rings (SSSR count). The Balaban J connectivity index is 0.00000256. The molecule has 0 spiro atoms. The van der Waals surface area contributed by atoms with Gasteiger partial charge in [-0.1, -0.05) is 30.3 Å². The number of nitrogen functional groups attached to an aromatic ring is 1. The number of hydrogen-bond donors (Lipinski definition) is 1. The van der Waals surface area contributed by atoms with Crippen molar-refractivity contribution in [3.63, 3.8) is 0 Å². The predicted octanol–water partition coefficient (Wildman–Crippen LogP) is -3.01. The van der Waals surface area contributed by atoms with Crippen LogP contribution in [0.15, 0.2) is 39.9 Å². The number of hydrogen-bond acceptors (Lipinski definition) is 5. The number of halogens is 1. The van der Waals surface area contributed by atoms with Crippen LogP contribution in [0.1, 0.15) is 22.8 Å². The number of carbonyl (C=O) groups is 1. The Hall–Kier alpha value is -2.42. The highest BCUT2D eigenvalue weighted by molar-refractivity contribution is 6.00. The molecule has 0 unspecified atom stereocenters. The zero-order chi connectivity index (χ0) is 20.6. The molecule has 30 heavy (non-hydrogen) atoms. The molecule has 1 aromatic carbocycles. The standard InChI is InChI=1S/C21H27N5O3.ClH/c1-2-24-20(28)18(17(27)15-26-11-8-23(9-12-26)10-13-26)19(22)25(21(24)29)14-16-6-4-3-5-7-16;/h3-7H,2,8-15H2,1H3,(H-,22,27,28);1H.